The first-order valence-corrected chi connectivity index (χ1v) is 12.8. The lowest BCUT2D eigenvalue weighted by Crippen LogP contribution is -2.12. The van der Waals surface area contributed by atoms with E-state index in [2.05, 4.69) is 90.4 Å². The van der Waals surface area contributed by atoms with Crippen LogP contribution in [0, 0.1) is 0 Å². The predicted octanol–water partition coefficient (Wildman–Crippen LogP) is 6.73. The van der Waals surface area contributed by atoms with Gasteiger partial charge < -0.3 is 8.98 Å². The van der Waals surface area contributed by atoms with E-state index in [4.69, 9.17) is 9.40 Å². The second-order valence-electron chi connectivity index (χ2n) is 8.00. The third kappa shape index (κ3) is 4.26. The molecular weight excluding hydrogens is 411 g/mol. The largest absolute Gasteiger partial charge is 0.461 e. The van der Waals surface area contributed by atoms with Crippen molar-refractivity contribution in [2.75, 3.05) is 0 Å². The molecule has 0 spiro atoms. The first-order valence-electron chi connectivity index (χ1n) is 11.2. The standard InChI is InChI=1S/C28H27N2OP/c1-2-3-18-30-26-17-16-22(20-25(26)29-28(30)27-15-10-19-31-27)21-32(23-11-6-4-7-12-23)24-13-8-5-9-14-24/h4-17,19-20H,2-3,18,21H2,1H3. The highest BCUT2D eigenvalue weighted by molar-refractivity contribution is 7.72. The van der Waals surface area contributed by atoms with Gasteiger partial charge in [-0.15, -0.1) is 0 Å². The summed E-state index contributed by atoms with van der Waals surface area (Å²) in [5.74, 6) is 1.75. The number of fused-ring (bicyclic) bond motifs is 1. The van der Waals surface area contributed by atoms with Crippen molar-refractivity contribution >= 4 is 29.6 Å². The number of furan rings is 1. The Morgan fingerprint density at radius 3 is 2.19 bits per heavy atom. The molecule has 5 aromatic rings. The van der Waals surface area contributed by atoms with Crippen LogP contribution in [-0.4, -0.2) is 9.55 Å². The average molecular weight is 439 g/mol. The molecule has 0 aliphatic heterocycles. The molecule has 3 nitrogen and oxygen atoms in total. The number of rotatable bonds is 8. The molecule has 160 valence electrons. The van der Waals surface area contributed by atoms with Gasteiger partial charge >= 0.3 is 0 Å². The highest BCUT2D eigenvalue weighted by Crippen LogP contribution is 2.38. The van der Waals surface area contributed by atoms with Crippen LogP contribution in [0.2, 0.25) is 0 Å². The van der Waals surface area contributed by atoms with Gasteiger partial charge in [0.05, 0.1) is 17.3 Å². The van der Waals surface area contributed by atoms with E-state index in [1.165, 1.54) is 21.7 Å². The Morgan fingerprint density at radius 1 is 0.844 bits per heavy atom. The van der Waals surface area contributed by atoms with E-state index in [1.54, 1.807) is 6.26 Å². The van der Waals surface area contributed by atoms with Crippen molar-refractivity contribution in [3.05, 3.63) is 103 Å². The summed E-state index contributed by atoms with van der Waals surface area (Å²) in [5, 5.41) is 2.80. The van der Waals surface area contributed by atoms with Crippen LogP contribution in [0.25, 0.3) is 22.6 Å². The SMILES string of the molecule is CCCCn1c(-c2ccco2)nc2cc(CP(c3ccccc3)c3ccccc3)ccc21. The Labute approximate surface area is 190 Å². The highest BCUT2D eigenvalue weighted by atomic mass is 31.1. The summed E-state index contributed by atoms with van der Waals surface area (Å²) in [6.45, 7) is 3.17. The molecular formula is C28H27N2OP. The zero-order valence-electron chi connectivity index (χ0n) is 18.3. The Kier molecular flexibility index (Phi) is 6.18. The number of aryl methyl sites for hydroxylation is 1. The van der Waals surface area contributed by atoms with Gasteiger partial charge in [-0.3, -0.25) is 0 Å². The molecule has 0 aliphatic rings. The third-order valence-corrected chi connectivity index (χ3v) is 8.29. The normalized spacial score (nSPS) is 11.4. The van der Waals surface area contributed by atoms with Crippen LogP contribution in [0.5, 0.6) is 0 Å². The predicted molar refractivity (Wildman–Crippen MR) is 135 cm³/mol. The number of nitrogens with zero attached hydrogens (tertiary/aromatic N) is 2. The van der Waals surface area contributed by atoms with Crippen molar-refractivity contribution < 1.29 is 4.42 Å². The van der Waals surface area contributed by atoms with E-state index in [0.29, 0.717) is 0 Å². The van der Waals surface area contributed by atoms with Crippen LogP contribution >= 0.6 is 7.92 Å². The Bertz CT molecular complexity index is 1240. The summed E-state index contributed by atoms with van der Waals surface area (Å²) >= 11 is 0. The lowest BCUT2D eigenvalue weighted by atomic mass is 10.2. The fourth-order valence-corrected chi connectivity index (χ4v) is 6.43. The van der Waals surface area contributed by atoms with Gasteiger partial charge in [0.2, 0.25) is 0 Å². The van der Waals surface area contributed by atoms with Crippen molar-refractivity contribution in [1.29, 1.82) is 0 Å². The van der Waals surface area contributed by atoms with E-state index < -0.39 is 7.92 Å². The number of unbranched alkanes of at least 4 members (excludes halogenated alkanes) is 1. The first-order chi connectivity index (χ1) is 15.8. The first kappa shape index (κ1) is 20.7. The monoisotopic (exact) mass is 438 g/mol. The summed E-state index contributed by atoms with van der Waals surface area (Å²) in [5.41, 5.74) is 3.54. The van der Waals surface area contributed by atoms with Crippen molar-refractivity contribution in [1.82, 2.24) is 9.55 Å². The maximum absolute atomic E-state index is 5.70. The van der Waals surface area contributed by atoms with E-state index in [9.17, 15) is 0 Å². The minimum atomic E-state index is -0.482. The van der Waals surface area contributed by atoms with E-state index in [1.807, 2.05) is 12.1 Å². The van der Waals surface area contributed by atoms with Crippen molar-refractivity contribution in [2.45, 2.75) is 32.5 Å². The fraction of sp³-hybridized carbons (Fsp3) is 0.179. The number of hydrogen-bond donors (Lipinski definition) is 0. The summed E-state index contributed by atoms with van der Waals surface area (Å²) in [4.78, 5) is 5.00. The molecule has 0 amide bonds. The average Bonchev–Trinajstić information content (AvgIpc) is 3.50. The zero-order valence-corrected chi connectivity index (χ0v) is 19.2. The van der Waals surface area contributed by atoms with Gasteiger partial charge in [0, 0.05) is 12.7 Å². The van der Waals surface area contributed by atoms with Gasteiger partial charge in [-0.05, 0) is 54.8 Å². The van der Waals surface area contributed by atoms with Crippen LogP contribution in [0.3, 0.4) is 0 Å². The number of aromatic nitrogens is 2. The molecule has 0 bridgehead atoms. The molecule has 4 heteroatoms. The smallest absolute Gasteiger partial charge is 0.177 e. The topological polar surface area (TPSA) is 31.0 Å². The van der Waals surface area contributed by atoms with E-state index >= 15 is 0 Å². The molecule has 2 heterocycles. The molecule has 0 atom stereocenters. The number of imidazole rings is 1. The summed E-state index contributed by atoms with van der Waals surface area (Å²) in [6.07, 6.45) is 4.98. The second-order valence-corrected chi connectivity index (χ2v) is 10.2. The molecule has 2 aromatic heterocycles. The summed E-state index contributed by atoms with van der Waals surface area (Å²) < 4.78 is 8.00. The Morgan fingerprint density at radius 2 is 1.56 bits per heavy atom. The van der Waals surface area contributed by atoms with Gasteiger partial charge in [0.25, 0.3) is 0 Å². The summed E-state index contributed by atoms with van der Waals surface area (Å²) in [6, 6.07) is 32.5. The molecule has 0 aliphatic carbocycles. The van der Waals surface area contributed by atoms with Crippen LogP contribution in [0.1, 0.15) is 25.3 Å². The van der Waals surface area contributed by atoms with Crippen molar-refractivity contribution in [2.24, 2.45) is 0 Å². The maximum Gasteiger partial charge on any atom is 0.177 e. The molecule has 5 rings (SSSR count). The lowest BCUT2D eigenvalue weighted by molar-refractivity contribution is 0.565. The van der Waals surface area contributed by atoms with Gasteiger partial charge in [-0.2, -0.15) is 0 Å². The van der Waals surface area contributed by atoms with E-state index in [-0.39, 0.29) is 0 Å². The summed E-state index contributed by atoms with van der Waals surface area (Å²) in [7, 11) is -0.482. The fourth-order valence-electron chi connectivity index (χ4n) is 4.14. The van der Waals surface area contributed by atoms with Crippen LogP contribution in [0.15, 0.2) is 102 Å². The Balaban J connectivity index is 1.54. The molecule has 32 heavy (non-hydrogen) atoms. The van der Waals surface area contributed by atoms with Gasteiger partial charge in [-0.25, -0.2) is 4.98 Å². The zero-order chi connectivity index (χ0) is 21.8. The quantitative estimate of drug-likeness (QED) is 0.252. The van der Waals surface area contributed by atoms with Crippen LogP contribution in [-0.2, 0) is 12.7 Å². The number of hydrogen-bond acceptors (Lipinski definition) is 2. The van der Waals surface area contributed by atoms with Crippen molar-refractivity contribution in [3.63, 3.8) is 0 Å². The van der Waals surface area contributed by atoms with E-state index in [0.717, 1.165) is 42.6 Å². The Hall–Kier alpha value is -3.16. The minimum Gasteiger partial charge on any atom is -0.461 e. The van der Waals surface area contributed by atoms with Crippen molar-refractivity contribution in [3.8, 4) is 11.6 Å². The van der Waals surface area contributed by atoms with Crippen LogP contribution < -0.4 is 10.6 Å². The molecule has 0 saturated heterocycles. The molecule has 0 saturated carbocycles. The highest BCUT2D eigenvalue weighted by Gasteiger charge is 2.18. The second kappa shape index (κ2) is 9.54. The van der Waals surface area contributed by atoms with Crippen LogP contribution in [0.4, 0.5) is 0 Å². The molecule has 0 N–H and O–H groups in total. The third-order valence-electron chi connectivity index (χ3n) is 5.77. The molecule has 0 radical (unpaired) electrons. The molecule has 0 unspecified atom stereocenters. The molecule has 0 fully saturated rings. The lowest BCUT2D eigenvalue weighted by Gasteiger charge is -2.19. The van der Waals surface area contributed by atoms with Gasteiger partial charge in [-0.1, -0.05) is 80.1 Å². The molecule has 3 aromatic carbocycles. The van der Waals surface area contributed by atoms with Gasteiger partial charge in [0.1, 0.15) is 0 Å². The minimum absolute atomic E-state index is 0.482. The number of benzene rings is 3. The maximum atomic E-state index is 5.70. The van der Waals surface area contributed by atoms with Gasteiger partial charge in [0.15, 0.2) is 11.6 Å².